The Hall–Kier alpha value is -3.62. The number of pyridine rings is 1. The number of rotatable bonds is 4. The lowest BCUT2D eigenvalue weighted by atomic mass is 10.1. The van der Waals surface area contributed by atoms with Gasteiger partial charge in [0.1, 0.15) is 18.1 Å². The zero-order valence-electron chi connectivity index (χ0n) is 13.9. The highest BCUT2D eigenvalue weighted by Crippen LogP contribution is 2.25. The first-order valence-electron chi connectivity index (χ1n) is 7.70. The van der Waals surface area contributed by atoms with Crippen molar-refractivity contribution in [2.75, 3.05) is 5.32 Å². The van der Waals surface area contributed by atoms with Crippen LogP contribution < -0.4 is 5.32 Å². The average Bonchev–Trinajstić information content (AvgIpc) is 2.85. The smallest absolute Gasteiger partial charge is 0.290 e. The monoisotopic (exact) mass is 354 g/mol. The molecule has 2 heterocycles. The number of imide groups is 1. The number of carbonyl (C=O) groups is 3. The fraction of sp³-hybridized carbons (Fsp3) is 0.176. The molecule has 9 heteroatoms. The van der Waals surface area contributed by atoms with Crippen LogP contribution in [0.5, 0.6) is 0 Å². The number of nitrogens with one attached hydrogen (secondary N) is 1. The van der Waals surface area contributed by atoms with Gasteiger partial charge in [0.05, 0.1) is 16.1 Å². The van der Waals surface area contributed by atoms with E-state index in [-0.39, 0.29) is 22.6 Å². The van der Waals surface area contributed by atoms with Gasteiger partial charge in [-0.3, -0.25) is 29.4 Å². The van der Waals surface area contributed by atoms with E-state index in [4.69, 9.17) is 0 Å². The van der Waals surface area contributed by atoms with Crippen molar-refractivity contribution in [2.24, 2.45) is 0 Å². The summed E-state index contributed by atoms with van der Waals surface area (Å²) in [5.74, 6) is -1.61. The molecule has 0 fully saturated rings. The Balaban J connectivity index is 1.79. The quantitative estimate of drug-likeness (QED) is 0.508. The molecule has 1 aromatic carbocycles. The van der Waals surface area contributed by atoms with Crippen LogP contribution in [0.15, 0.2) is 36.5 Å². The fourth-order valence-corrected chi connectivity index (χ4v) is 2.72. The number of carbonyl (C=O) groups excluding carboxylic acids is 3. The van der Waals surface area contributed by atoms with Gasteiger partial charge in [-0.05, 0) is 32.0 Å². The zero-order chi connectivity index (χ0) is 19.0. The summed E-state index contributed by atoms with van der Waals surface area (Å²) < 4.78 is 0. The van der Waals surface area contributed by atoms with Gasteiger partial charge in [0.25, 0.3) is 17.5 Å². The molecule has 1 atom stereocenters. The minimum atomic E-state index is -1.07. The number of anilines is 1. The minimum Gasteiger partial charge on any atom is -0.309 e. The second-order valence-corrected chi connectivity index (χ2v) is 5.80. The van der Waals surface area contributed by atoms with E-state index in [0.29, 0.717) is 5.56 Å². The number of benzene rings is 1. The Morgan fingerprint density at radius 1 is 1.23 bits per heavy atom. The van der Waals surface area contributed by atoms with Crippen molar-refractivity contribution in [3.05, 3.63) is 63.3 Å². The Morgan fingerprint density at radius 2 is 1.81 bits per heavy atom. The summed E-state index contributed by atoms with van der Waals surface area (Å²) in [7, 11) is 0. The molecule has 132 valence electrons. The maximum atomic E-state index is 12.4. The predicted octanol–water partition coefficient (Wildman–Crippen LogP) is 1.92. The molecule has 3 rings (SSSR count). The standard InChI is InChI=1S/C17H14N4O5/c1-9-7-14(18-8-13(9)21(25)26)19-15(22)10(2)20-16(23)11-5-3-4-6-12(11)17(20)24/h3-8,10H,1-2H3,(H,18,19,22). The molecule has 9 nitrogen and oxygen atoms in total. The van der Waals surface area contributed by atoms with Crippen LogP contribution in [-0.2, 0) is 4.79 Å². The van der Waals surface area contributed by atoms with Crippen molar-refractivity contribution in [3.8, 4) is 0 Å². The Labute approximate surface area is 147 Å². The summed E-state index contributed by atoms with van der Waals surface area (Å²) in [6.45, 7) is 2.94. The number of hydrogen-bond donors (Lipinski definition) is 1. The average molecular weight is 354 g/mol. The third kappa shape index (κ3) is 2.79. The topological polar surface area (TPSA) is 123 Å². The van der Waals surface area contributed by atoms with E-state index in [1.54, 1.807) is 12.1 Å². The maximum Gasteiger partial charge on any atom is 0.290 e. The highest BCUT2D eigenvalue weighted by Gasteiger charge is 2.40. The summed E-state index contributed by atoms with van der Waals surface area (Å²) in [6, 6.07) is 6.62. The maximum absolute atomic E-state index is 12.4. The van der Waals surface area contributed by atoms with Gasteiger partial charge in [0, 0.05) is 5.56 Å². The summed E-state index contributed by atoms with van der Waals surface area (Å²) in [5.41, 5.74) is 0.660. The number of aryl methyl sites for hydroxylation is 1. The van der Waals surface area contributed by atoms with Crippen molar-refractivity contribution in [1.82, 2.24) is 9.88 Å². The number of nitro groups is 1. The van der Waals surface area contributed by atoms with E-state index in [1.165, 1.54) is 32.0 Å². The molecule has 26 heavy (non-hydrogen) atoms. The molecule has 3 amide bonds. The van der Waals surface area contributed by atoms with Crippen LogP contribution in [-0.4, -0.2) is 38.6 Å². The highest BCUT2D eigenvalue weighted by molar-refractivity contribution is 6.23. The van der Waals surface area contributed by atoms with Crippen LogP contribution in [0.4, 0.5) is 11.5 Å². The Kier molecular flexibility index (Phi) is 4.21. The molecule has 1 aromatic heterocycles. The van der Waals surface area contributed by atoms with Gasteiger partial charge in [-0.1, -0.05) is 12.1 Å². The largest absolute Gasteiger partial charge is 0.309 e. The molecule has 1 aliphatic rings. The number of nitrogens with zero attached hydrogens (tertiary/aromatic N) is 3. The van der Waals surface area contributed by atoms with Gasteiger partial charge in [-0.2, -0.15) is 0 Å². The van der Waals surface area contributed by atoms with Crippen LogP contribution in [0.3, 0.4) is 0 Å². The summed E-state index contributed by atoms with van der Waals surface area (Å²) in [4.78, 5) is 52.2. The molecule has 1 unspecified atom stereocenters. The molecule has 0 bridgehead atoms. The molecule has 0 aliphatic carbocycles. The van der Waals surface area contributed by atoms with Crippen LogP contribution in [0, 0.1) is 17.0 Å². The molecule has 1 aliphatic heterocycles. The summed E-state index contributed by atoms with van der Waals surface area (Å²) in [6.07, 6.45) is 1.04. The van der Waals surface area contributed by atoms with Gasteiger partial charge in [0.2, 0.25) is 5.91 Å². The van der Waals surface area contributed by atoms with E-state index < -0.39 is 28.7 Å². The van der Waals surface area contributed by atoms with E-state index in [9.17, 15) is 24.5 Å². The third-order valence-electron chi connectivity index (χ3n) is 4.12. The fourth-order valence-electron chi connectivity index (χ4n) is 2.72. The number of fused-ring (bicyclic) bond motifs is 1. The van der Waals surface area contributed by atoms with Crippen molar-refractivity contribution in [2.45, 2.75) is 19.9 Å². The van der Waals surface area contributed by atoms with E-state index in [1.807, 2.05) is 0 Å². The van der Waals surface area contributed by atoms with Crippen molar-refractivity contribution in [1.29, 1.82) is 0 Å². The van der Waals surface area contributed by atoms with Gasteiger partial charge in [0.15, 0.2) is 0 Å². The first-order chi connectivity index (χ1) is 12.3. The summed E-state index contributed by atoms with van der Waals surface area (Å²) in [5, 5.41) is 13.3. The van der Waals surface area contributed by atoms with E-state index in [2.05, 4.69) is 10.3 Å². The molecule has 0 radical (unpaired) electrons. The van der Waals surface area contributed by atoms with Crippen LogP contribution in [0.1, 0.15) is 33.2 Å². The van der Waals surface area contributed by atoms with Gasteiger partial charge in [-0.25, -0.2) is 4.98 Å². The van der Waals surface area contributed by atoms with Crippen LogP contribution >= 0.6 is 0 Å². The SMILES string of the molecule is Cc1cc(NC(=O)C(C)N2C(=O)c3ccccc3C2=O)ncc1[N+](=O)[O-]. The molecule has 0 saturated heterocycles. The Morgan fingerprint density at radius 3 is 2.31 bits per heavy atom. The van der Waals surface area contributed by atoms with Crippen molar-refractivity contribution in [3.63, 3.8) is 0 Å². The number of hydrogen-bond acceptors (Lipinski definition) is 6. The zero-order valence-corrected chi connectivity index (χ0v) is 13.9. The highest BCUT2D eigenvalue weighted by atomic mass is 16.6. The lowest BCUT2D eigenvalue weighted by molar-refractivity contribution is -0.385. The lowest BCUT2D eigenvalue weighted by Crippen LogP contribution is -2.45. The second-order valence-electron chi connectivity index (χ2n) is 5.80. The first kappa shape index (κ1) is 17.2. The molecule has 0 saturated carbocycles. The van der Waals surface area contributed by atoms with Gasteiger partial charge < -0.3 is 5.32 Å². The van der Waals surface area contributed by atoms with Crippen molar-refractivity contribution >= 4 is 29.2 Å². The minimum absolute atomic E-state index is 0.0987. The molecule has 0 spiro atoms. The molecular weight excluding hydrogens is 340 g/mol. The Bertz CT molecular complexity index is 921. The summed E-state index contributed by atoms with van der Waals surface area (Å²) >= 11 is 0. The van der Waals surface area contributed by atoms with Crippen LogP contribution in [0.2, 0.25) is 0 Å². The first-order valence-corrected chi connectivity index (χ1v) is 7.70. The van der Waals surface area contributed by atoms with Crippen LogP contribution in [0.25, 0.3) is 0 Å². The second kappa shape index (κ2) is 6.36. The lowest BCUT2D eigenvalue weighted by Gasteiger charge is -2.21. The molecule has 1 N–H and O–H groups in total. The normalized spacial score (nSPS) is 14.2. The number of aromatic nitrogens is 1. The van der Waals surface area contributed by atoms with E-state index in [0.717, 1.165) is 11.1 Å². The van der Waals surface area contributed by atoms with Crippen molar-refractivity contribution < 1.29 is 19.3 Å². The van der Waals surface area contributed by atoms with Gasteiger partial charge in [-0.15, -0.1) is 0 Å². The predicted molar refractivity (Wildman–Crippen MR) is 90.7 cm³/mol. The third-order valence-corrected chi connectivity index (χ3v) is 4.12. The molecular formula is C17H14N4O5. The van der Waals surface area contributed by atoms with E-state index >= 15 is 0 Å². The molecule has 2 aromatic rings. The number of amides is 3. The van der Waals surface area contributed by atoms with Gasteiger partial charge >= 0.3 is 0 Å².